The number of hydrogen-bond donors (Lipinski definition) is 3. The summed E-state index contributed by atoms with van der Waals surface area (Å²) in [6, 6.07) is 14.8. The number of aliphatic hydroxyl groups excluding tert-OH is 1. The Morgan fingerprint density at radius 3 is 2.74 bits per heavy atom. The van der Waals surface area contributed by atoms with Crippen molar-refractivity contribution < 1.29 is 5.11 Å². The third kappa shape index (κ3) is 3.12. The van der Waals surface area contributed by atoms with Gasteiger partial charge in [-0.15, -0.1) is 0 Å². The van der Waals surface area contributed by atoms with E-state index < -0.39 is 6.61 Å². The number of H-pyrrole nitrogens is 1. The fourth-order valence-corrected chi connectivity index (χ4v) is 2.21. The standard InChI is InChI=1S/C17H16N4O2/c1-11-6-2-3-7-12(11)20-21-15(10-22)16-17(23)19-14-9-5-4-8-13(14)18-16/h2-9,20,22H,10H2,1H3,(H,19,23)/b21-15+. The van der Waals surface area contributed by atoms with Crippen LogP contribution in [0.3, 0.4) is 0 Å². The van der Waals surface area contributed by atoms with Crippen LogP contribution in [0.1, 0.15) is 11.3 Å². The maximum absolute atomic E-state index is 12.2. The molecular weight excluding hydrogens is 292 g/mol. The molecule has 0 fully saturated rings. The quantitative estimate of drug-likeness (QED) is 0.508. The van der Waals surface area contributed by atoms with Crippen LogP contribution in [-0.2, 0) is 0 Å². The number of aliphatic hydroxyl groups is 1. The summed E-state index contributed by atoms with van der Waals surface area (Å²) >= 11 is 0. The highest BCUT2D eigenvalue weighted by atomic mass is 16.3. The lowest BCUT2D eigenvalue weighted by Crippen LogP contribution is -2.24. The van der Waals surface area contributed by atoms with Crippen molar-refractivity contribution >= 4 is 22.4 Å². The number of rotatable bonds is 4. The molecule has 0 atom stereocenters. The van der Waals surface area contributed by atoms with Crippen molar-refractivity contribution in [3.63, 3.8) is 0 Å². The number of fused-ring (bicyclic) bond motifs is 1. The molecule has 3 N–H and O–H groups in total. The van der Waals surface area contributed by atoms with E-state index in [1.54, 1.807) is 12.1 Å². The van der Waals surface area contributed by atoms with Gasteiger partial charge in [-0.3, -0.25) is 10.2 Å². The van der Waals surface area contributed by atoms with Gasteiger partial charge in [-0.1, -0.05) is 30.3 Å². The minimum absolute atomic E-state index is 0.104. The number of aromatic nitrogens is 2. The van der Waals surface area contributed by atoms with Gasteiger partial charge in [-0.25, -0.2) is 4.98 Å². The second-order valence-electron chi connectivity index (χ2n) is 5.08. The Morgan fingerprint density at radius 2 is 1.96 bits per heavy atom. The molecule has 0 saturated heterocycles. The number of para-hydroxylation sites is 3. The fourth-order valence-electron chi connectivity index (χ4n) is 2.21. The first-order valence-corrected chi connectivity index (χ1v) is 7.17. The minimum Gasteiger partial charge on any atom is -0.390 e. The van der Waals surface area contributed by atoms with Crippen molar-refractivity contribution in [3.8, 4) is 0 Å². The summed E-state index contributed by atoms with van der Waals surface area (Å²) in [6.07, 6.45) is 0. The topological polar surface area (TPSA) is 90.4 Å². The van der Waals surface area contributed by atoms with Crippen molar-refractivity contribution in [3.05, 3.63) is 70.1 Å². The monoisotopic (exact) mass is 308 g/mol. The molecule has 3 rings (SSSR count). The maximum atomic E-state index is 12.2. The lowest BCUT2D eigenvalue weighted by molar-refractivity contribution is 0.357. The molecule has 6 nitrogen and oxygen atoms in total. The smallest absolute Gasteiger partial charge is 0.276 e. The Labute approximate surface area is 132 Å². The van der Waals surface area contributed by atoms with Gasteiger partial charge in [0.2, 0.25) is 0 Å². The number of aryl methyl sites for hydroxylation is 1. The highest BCUT2D eigenvalue weighted by Crippen LogP contribution is 2.13. The number of hydrogen-bond acceptors (Lipinski definition) is 5. The van der Waals surface area contributed by atoms with E-state index >= 15 is 0 Å². The molecule has 0 unspecified atom stereocenters. The van der Waals surface area contributed by atoms with Crippen molar-refractivity contribution in [1.82, 2.24) is 9.97 Å². The van der Waals surface area contributed by atoms with Gasteiger partial charge in [0.1, 0.15) is 5.71 Å². The van der Waals surface area contributed by atoms with Gasteiger partial charge in [-0.05, 0) is 30.7 Å². The van der Waals surface area contributed by atoms with E-state index in [0.717, 1.165) is 11.3 Å². The first-order valence-electron chi connectivity index (χ1n) is 7.17. The lowest BCUT2D eigenvalue weighted by Gasteiger charge is -2.07. The molecule has 0 bridgehead atoms. The van der Waals surface area contributed by atoms with Gasteiger partial charge in [-0.2, -0.15) is 5.10 Å². The van der Waals surface area contributed by atoms with Gasteiger partial charge < -0.3 is 10.1 Å². The summed E-state index contributed by atoms with van der Waals surface area (Å²) in [5.41, 5.74) is 5.86. The van der Waals surface area contributed by atoms with Gasteiger partial charge >= 0.3 is 0 Å². The molecule has 0 radical (unpaired) electrons. The second kappa shape index (κ2) is 6.41. The van der Waals surface area contributed by atoms with Crippen LogP contribution in [0.2, 0.25) is 0 Å². The molecule has 3 aromatic rings. The van der Waals surface area contributed by atoms with Crippen LogP contribution in [0.4, 0.5) is 5.69 Å². The number of aromatic amines is 1. The zero-order chi connectivity index (χ0) is 16.2. The van der Waals surface area contributed by atoms with Crippen LogP contribution in [0, 0.1) is 6.92 Å². The lowest BCUT2D eigenvalue weighted by atomic mass is 10.2. The first-order chi connectivity index (χ1) is 11.2. The van der Waals surface area contributed by atoms with E-state index in [4.69, 9.17) is 0 Å². The molecule has 0 saturated carbocycles. The molecule has 1 heterocycles. The normalized spacial score (nSPS) is 11.7. The van der Waals surface area contributed by atoms with Crippen molar-refractivity contribution in [2.75, 3.05) is 12.0 Å². The fraction of sp³-hybridized carbons (Fsp3) is 0.118. The molecule has 6 heteroatoms. The highest BCUT2D eigenvalue weighted by molar-refractivity contribution is 6.01. The van der Waals surface area contributed by atoms with Crippen LogP contribution in [-0.4, -0.2) is 27.4 Å². The number of nitrogens with one attached hydrogen (secondary N) is 2. The van der Waals surface area contributed by atoms with Gasteiger partial charge in [0.15, 0.2) is 5.69 Å². The van der Waals surface area contributed by atoms with E-state index in [9.17, 15) is 9.90 Å². The van der Waals surface area contributed by atoms with Gasteiger partial charge in [0.05, 0.1) is 23.3 Å². The predicted molar refractivity (Wildman–Crippen MR) is 90.8 cm³/mol. The maximum Gasteiger partial charge on any atom is 0.276 e. The average Bonchev–Trinajstić information content (AvgIpc) is 2.57. The van der Waals surface area contributed by atoms with E-state index in [2.05, 4.69) is 20.5 Å². The Hall–Kier alpha value is -2.99. The third-order valence-electron chi connectivity index (χ3n) is 3.48. The molecule has 23 heavy (non-hydrogen) atoms. The highest BCUT2D eigenvalue weighted by Gasteiger charge is 2.11. The van der Waals surface area contributed by atoms with Crippen molar-refractivity contribution in [2.24, 2.45) is 5.10 Å². The zero-order valence-corrected chi connectivity index (χ0v) is 12.6. The number of hydrazone groups is 1. The van der Waals surface area contributed by atoms with Crippen LogP contribution >= 0.6 is 0 Å². The number of anilines is 1. The first kappa shape index (κ1) is 14.9. The number of nitrogens with zero attached hydrogens (tertiary/aromatic N) is 2. The molecule has 2 aromatic carbocycles. The summed E-state index contributed by atoms with van der Waals surface area (Å²) in [7, 11) is 0. The van der Waals surface area contributed by atoms with Crippen molar-refractivity contribution in [2.45, 2.75) is 6.92 Å². The molecule has 0 aliphatic rings. The van der Waals surface area contributed by atoms with Crippen LogP contribution in [0.15, 0.2) is 58.4 Å². The average molecular weight is 308 g/mol. The largest absolute Gasteiger partial charge is 0.390 e. The predicted octanol–water partition coefficient (Wildman–Crippen LogP) is 2.04. The summed E-state index contributed by atoms with van der Waals surface area (Å²) in [5.74, 6) is 0. The third-order valence-corrected chi connectivity index (χ3v) is 3.48. The molecule has 0 aliphatic carbocycles. The summed E-state index contributed by atoms with van der Waals surface area (Å²) in [5, 5.41) is 13.7. The molecule has 0 amide bonds. The van der Waals surface area contributed by atoms with E-state index in [0.29, 0.717) is 11.0 Å². The van der Waals surface area contributed by atoms with E-state index in [1.807, 2.05) is 43.3 Å². The van der Waals surface area contributed by atoms with Crippen LogP contribution < -0.4 is 11.0 Å². The SMILES string of the molecule is Cc1ccccc1N/N=C(\CO)c1nc2ccccc2[nH]c1=O. The zero-order valence-electron chi connectivity index (χ0n) is 12.6. The molecular formula is C17H16N4O2. The summed E-state index contributed by atoms with van der Waals surface area (Å²) < 4.78 is 0. The van der Waals surface area contributed by atoms with E-state index in [1.165, 1.54) is 0 Å². The van der Waals surface area contributed by atoms with Gasteiger partial charge in [0.25, 0.3) is 5.56 Å². The second-order valence-corrected chi connectivity index (χ2v) is 5.08. The Morgan fingerprint density at radius 1 is 1.22 bits per heavy atom. The minimum atomic E-state index is -0.396. The molecule has 0 aliphatic heterocycles. The summed E-state index contributed by atoms with van der Waals surface area (Å²) in [4.78, 5) is 19.2. The summed E-state index contributed by atoms with van der Waals surface area (Å²) in [6.45, 7) is 1.55. The Bertz CT molecular complexity index is 931. The van der Waals surface area contributed by atoms with Crippen molar-refractivity contribution in [1.29, 1.82) is 0 Å². The van der Waals surface area contributed by atoms with Gasteiger partial charge in [0, 0.05) is 0 Å². The Kier molecular flexibility index (Phi) is 4.16. The van der Waals surface area contributed by atoms with Crippen LogP contribution in [0.5, 0.6) is 0 Å². The van der Waals surface area contributed by atoms with E-state index in [-0.39, 0.29) is 17.0 Å². The molecule has 0 spiro atoms. The van der Waals surface area contributed by atoms with Crippen LogP contribution in [0.25, 0.3) is 11.0 Å². The molecule has 116 valence electrons. The number of benzene rings is 2. The molecule has 1 aromatic heterocycles. The Balaban J connectivity index is 2.00.